The second kappa shape index (κ2) is 10.1. The minimum Gasteiger partial charge on any atom is -0.455 e. The fourth-order valence-corrected chi connectivity index (χ4v) is 3.49. The molecule has 0 saturated heterocycles. The summed E-state index contributed by atoms with van der Waals surface area (Å²) in [6, 6.07) is 21.2. The molecule has 4 nitrogen and oxygen atoms in total. The van der Waals surface area contributed by atoms with E-state index >= 15 is 0 Å². The molecule has 0 fully saturated rings. The van der Waals surface area contributed by atoms with Crippen molar-refractivity contribution in [1.29, 1.82) is 0 Å². The smallest absolute Gasteiger partial charge is 0.333 e. The maximum Gasteiger partial charge on any atom is 0.333 e. The van der Waals surface area contributed by atoms with Gasteiger partial charge in [-0.25, -0.2) is 4.79 Å². The Hall–Kier alpha value is -2.59. The van der Waals surface area contributed by atoms with Gasteiger partial charge in [0, 0.05) is 24.2 Å². The maximum absolute atomic E-state index is 11.9. The summed E-state index contributed by atoms with van der Waals surface area (Å²) in [6.45, 7) is 7.06. The van der Waals surface area contributed by atoms with Gasteiger partial charge in [0.15, 0.2) is 0 Å². The summed E-state index contributed by atoms with van der Waals surface area (Å²) in [5.74, 6) is -0.0665. The van der Waals surface area contributed by atoms with Crippen molar-refractivity contribution in [2.45, 2.75) is 38.7 Å². The van der Waals surface area contributed by atoms with E-state index in [0.29, 0.717) is 18.2 Å². The molecule has 0 radical (unpaired) electrons. The molecular weight excluding hydrogens is 348 g/mol. The average Bonchev–Trinajstić information content (AvgIpc) is 2.62. The van der Waals surface area contributed by atoms with Crippen molar-refractivity contribution >= 4 is 5.97 Å². The molecule has 0 atom stereocenters. The number of rotatable bonds is 9. The monoisotopic (exact) mass is 380 g/mol. The highest BCUT2D eigenvalue weighted by molar-refractivity contribution is 5.82. The van der Waals surface area contributed by atoms with Crippen LogP contribution in [0.25, 0.3) is 0 Å². The van der Waals surface area contributed by atoms with Crippen LogP contribution in [0, 0.1) is 0 Å². The summed E-state index contributed by atoms with van der Waals surface area (Å²) in [4.78, 5) is 14.1. The van der Waals surface area contributed by atoms with E-state index in [4.69, 9.17) is 10.5 Å². The van der Waals surface area contributed by atoms with Crippen molar-refractivity contribution in [2.24, 2.45) is 5.73 Å². The molecule has 0 amide bonds. The molecule has 0 bridgehead atoms. The van der Waals surface area contributed by atoms with Gasteiger partial charge in [0.2, 0.25) is 0 Å². The minimum atomic E-state index is -0.591. The van der Waals surface area contributed by atoms with Crippen LogP contribution in [0.4, 0.5) is 0 Å². The number of ether oxygens (including phenoxy) is 1. The van der Waals surface area contributed by atoms with Gasteiger partial charge in [0.05, 0.1) is 0 Å². The first-order chi connectivity index (χ1) is 13.3. The minimum absolute atomic E-state index is 0.332. The van der Waals surface area contributed by atoms with Crippen LogP contribution in [-0.2, 0) is 9.53 Å². The molecular formula is C24H32N2O2. The number of carbonyl (C=O) groups excluding carboxylic acids is 1. The molecule has 0 aromatic heterocycles. The lowest BCUT2D eigenvalue weighted by Gasteiger charge is -2.31. The van der Waals surface area contributed by atoms with Gasteiger partial charge in [-0.3, -0.25) is 0 Å². The number of hydrogen-bond acceptors (Lipinski definition) is 4. The van der Waals surface area contributed by atoms with E-state index in [9.17, 15) is 4.79 Å². The molecule has 2 N–H and O–H groups in total. The van der Waals surface area contributed by atoms with Crippen molar-refractivity contribution in [2.75, 3.05) is 20.1 Å². The zero-order valence-electron chi connectivity index (χ0n) is 17.4. The molecule has 0 saturated carbocycles. The zero-order chi connectivity index (χ0) is 20.6. The van der Waals surface area contributed by atoms with E-state index in [0.717, 1.165) is 13.0 Å². The molecule has 0 spiro atoms. The molecule has 2 aromatic carbocycles. The number of nitrogens with zero attached hydrogens (tertiary/aromatic N) is 1. The molecule has 150 valence electrons. The summed E-state index contributed by atoms with van der Waals surface area (Å²) in [5, 5.41) is 0. The Kier molecular flexibility index (Phi) is 7.82. The second-order valence-corrected chi connectivity index (χ2v) is 7.97. The van der Waals surface area contributed by atoms with Gasteiger partial charge in [0.1, 0.15) is 5.60 Å². The topological polar surface area (TPSA) is 55.6 Å². The van der Waals surface area contributed by atoms with Gasteiger partial charge in [-0.15, -0.1) is 0 Å². The van der Waals surface area contributed by atoms with Crippen molar-refractivity contribution < 1.29 is 9.53 Å². The van der Waals surface area contributed by atoms with Gasteiger partial charge in [-0.1, -0.05) is 60.7 Å². The zero-order valence-corrected chi connectivity index (χ0v) is 17.4. The molecule has 0 aliphatic rings. The van der Waals surface area contributed by atoms with Crippen LogP contribution in [0.1, 0.15) is 44.2 Å². The summed E-state index contributed by atoms with van der Waals surface area (Å²) < 4.78 is 5.56. The molecule has 2 rings (SSSR count). The molecule has 28 heavy (non-hydrogen) atoms. The Bertz CT molecular complexity index is 726. The van der Waals surface area contributed by atoms with E-state index in [-0.39, 0.29) is 0 Å². The Balaban J connectivity index is 2.00. The van der Waals surface area contributed by atoms with Gasteiger partial charge in [-0.05, 0) is 51.9 Å². The predicted octanol–water partition coefficient (Wildman–Crippen LogP) is 4.32. The average molecular weight is 381 g/mol. The number of nitrogens with two attached hydrogens (primary N) is 1. The Morgan fingerprint density at radius 3 is 2.04 bits per heavy atom. The summed E-state index contributed by atoms with van der Waals surface area (Å²) in [5.41, 5.74) is 8.04. The van der Waals surface area contributed by atoms with Crippen LogP contribution in [0.5, 0.6) is 0 Å². The van der Waals surface area contributed by atoms with Crippen LogP contribution in [-0.4, -0.2) is 36.6 Å². The largest absolute Gasteiger partial charge is 0.455 e. The number of allylic oxidation sites excluding steroid dienone is 1. The number of likely N-dealkylation sites (N-methyl/N-ethyl adjacent to an activating group) is 1. The second-order valence-electron chi connectivity index (χ2n) is 7.97. The summed E-state index contributed by atoms with van der Waals surface area (Å²) >= 11 is 0. The highest BCUT2D eigenvalue weighted by atomic mass is 16.6. The molecule has 2 aromatic rings. The molecule has 0 unspecified atom stereocenters. The number of hydrogen-bond donors (Lipinski definition) is 1. The predicted molar refractivity (Wildman–Crippen MR) is 115 cm³/mol. The van der Waals surface area contributed by atoms with Gasteiger partial charge in [-0.2, -0.15) is 0 Å². The van der Waals surface area contributed by atoms with Gasteiger partial charge < -0.3 is 15.4 Å². The maximum atomic E-state index is 11.9. The standard InChI is InChI=1S/C24H32N2O2/c1-19(25)17-23(27)28-24(2,3)18-26(4)16-15-22(20-11-7-5-8-12-20)21-13-9-6-10-14-21/h5-14,17,22H,15-16,18,25H2,1-4H3/b19-17-. The van der Waals surface area contributed by atoms with E-state index in [1.807, 2.05) is 26.0 Å². The lowest BCUT2D eigenvalue weighted by molar-refractivity contribution is -0.151. The Morgan fingerprint density at radius 1 is 1.07 bits per heavy atom. The van der Waals surface area contributed by atoms with E-state index in [1.54, 1.807) is 6.92 Å². The first-order valence-electron chi connectivity index (χ1n) is 9.72. The third kappa shape index (κ3) is 7.20. The van der Waals surface area contributed by atoms with E-state index in [2.05, 4.69) is 60.5 Å². The summed E-state index contributed by atoms with van der Waals surface area (Å²) in [7, 11) is 2.06. The van der Waals surface area contributed by atoms with Crippen LogP contribution in [0.3, 0.4) is 0 Å². The lowest BCUT2D eigenvalue weighted by Crippen LogP contribution is -2.40. The number of benzene rings is 2. The lowest BCUT2D eigenvalue weighted by atomic mass is 9.88. The quantitative estimate of drug-likeness (QED) is 0.520. The SMILES string of the molecule is C/C(N)=C/C(=O)OC(C)(C)CN(C)CCC(c1ccccc1)c1ccccc1. The van der Waals surface area contributed by atoms with Crippen molar-refractivity contribution in [1.82, 2.24) is 4.90 Å². The van der Waals surface area contributed by atoms with Crippen LogP contribution >= 0.6 is 0 Å². The molecule has 0 heterocycles. The third-order valence-corrected chi connectivity index (χ3v) is 4.58. The van der Waals surface area contributed by atoms with E-state index in [1.165, 1.54) is 17.2 Å². The fraction of sp³-hybridized carbons (Fsp3) is 0.375. The highest BCUT2D eigenvalue weighted by Gasteiger charge is 2.25. The number of carbonyl (C=O) groups is 1. The molecule has 0 aliphatic carbocycles. The van der Waals surface area contributed by atoms with Crippen molar-refractivity contribution in [3.05, 3.63) is 83.6 Å². The first-order valence-corrected chi connectivity index (χ1v) is 9.72. The van der Waals surface area contributed by atoms with Gasteiger partial charge >= 0.3 is 5.97 Å². The molecule has 4 heteroatoms. The number of esters is 1. The van der Waals surface area contributed by atoms with Crippen LogP contribution in [0.15, 0.2) is 72.4 Å². The first kappa shape index (κ1) is 21.7. The van der Waals surface area contributed by atoms with Crippen LogP contribution in [0.2, 0.25) is 0 Å². The summed E-state index contributed by atoms with van der Waals surface area (Å²) in [6.07, 6.45) is 2.30. The normalized spacial score (nSPS) is 12.4. The van der Waals surface area contributed by atoms with Crippen molar-refractivity contribution in [3.63, 3.8) is 0 Å². The third-order valence-electron chi connectivity index (χ3n) is 4.58. The Labute approximate surface area is 169 Å². The van der Waals surface area contributed by atoms with Crippen molar-refractivity contribution in [3.8, 4) is 0 Å². The van der Waals surface area contributed by atoms with Gasteiger partial charge in [0.25, 0.3) is 0 Å². The molecule has 0 aliphatic heterocycles. The fourth-order valence-electron chi connectivity index (χ4n) is 3.49. The highest BCUT2D eigenvalue weighted by Crippen LogP contribution is 2.28. The Morgan fingerprint density at radius 2 is 1.57 bits per heavy atom. The van der Waals surface area contributed by atoms with E-state index < -0.39 is 11.6 Å². The van der Waals surface area contributed by atoms with Crippen LogP contribution < -0.4 is 5.73 Å².